The fourth-order valence-corrected chi connectivity index (χ4v) is 3.24. The lowest BCUT2D eigenvalue weighted by atomic mass is 10.0. The molecule has 90 valence electrons. The summed E-state index contributed by atoms with van der Waals surface area (Å²) in [5.41, 5.74) is 2.21. The van der Waals surface area contributed by atoms with Crippen molar-refractivity contribution in [2.75, 3.05) is 0 Å². The fraction of sp³-hybridized carbons (Fsp3) is 0.231. The number of thiophene rings is 1. The van der Waals surface area contributed by atoms with Crippen LogP contribution in [-0.4, -0.2) is 5.11 Å². The summed E-state index contributed by atoms with van der Waals surface area (Å²) in [6.07, 6.45) is 1.18. The molecule has 1 nitrogen and oxygen atoms in total. The van der Waals surface area contributed by atoms with Crippen molar-refractivity contribution in [3.8, 4) is 0 Å². The van der Waals surface area contributed by atoms with Gasteiger partial charge >= 0.3 is 0 Å². The third-order valence-corrected chi connectivity index (χ3v) is 4.55. The van der Waals surface area contributed by atoms with Gasteiger partial charge in [0.25, 0.3) is 0 Å². The van der Waals surface area contributed by atoms with Crippen LogP contribution in [0, 0.1) is 3.57 Å². The molecule has 4 heteroatoms. The third-order valence-electron chi connectivity index (χ3n) is 2.60. The van der Waals surface area contributed by atoms with Crippen molar-refractivity contribution >= 4 is 45.5 Å². The number of hydrogen-bond acceptors (Lipinski definition) is 2. The molecule has 0 aliphatic rings. The lowest BCUT2D eigenvalue weighted by molar-refractivity contribution is 0.167. The van der Waals surface area contributed by atoms with Crippen LogP contribution < -0.4 is 0 Å². The second kappa shape index (κ2) is 6.18. The van der Waals surface area contributed by atoms with Crippen molar-refractivity contribution in [1.82, 2.24) is 0 Å². The molecule has 1 aromatic carbocycles. The van der Waals surface area contributed by atoms with E-state index in [1.165, 1.54) is 5.56 Å². The quantitative estimate of drug-likeness (QED) is 0.766. The lowest BCUT2D eigenvalue weighted by Gasteiger charge is -2.12. The number of halogens is 2. The summed E-state index contributed by atoms with van der Waals surface area (Å²) >= 11 is 9.87. The Balaban J connectivity index is 2.04. The first-order chi connectivity index (χ1) is 8.16. The molecule has 1 aromatic heterocycles. The van der Waals surface area contributed by atoms with Gasteiger partial charge in [-0.3, -0.25) is 0 Å². The predicted molar refractivity (Wildman–Crippen MR) is 81.8 cm³/mol. The van der Waals surface area contributed by atoms with Crippen molar-refractivity contribution in [2.24, 2.45) is 0 Å². The standard InChI is InChI=1S/C13H12ClIOS/c14-10-2-3-12(15)11(7-10)13(16)4-1-9-5-6-17-8-9/h2-3,5-8,13,16H,1,4H2. The number of aliphatic hydroxyl groups excluding tert-OH is 1. The summed E-state index contributed by atoms with van der Waals surface area (Å²) < 4.78 is 1.06. The average Bonchev–Trinajstić information content (AvgIpc) is 2.82. The number of aliphatic hydroxyl groups is 1. The molecular formula is C13H12ClIOS. The Morgan fingerprint density at radius 3 is 2.88 bits per heavy atom. The van der Waals surface area contributed by atoms with Gasteiger partial charge in [0.05, 0.1) is 6.10 Å². The molecule has 1 N–H and O–H groups in total. The monoisotopic (exact) mass is 378 g/mol. The molecule has 1 heterocycles. The van der Waals surface area contributed by atoms with Crippen molar-refractivity contribution < 1.29 is 5.11 Å². The van der Waals surface area contributed by atoms with Crippen LogP contribution in [0.2, 0.25) is 5.02 Å². The van der Waals surface area contributed by atoms with Crippen LogP contribution in [0.4, 0.5) is 0 Å². The van der Waals surface area contributed by atoms with E-state index in [1.54, 1.807) is 11.3 Å². The van der Waals surface area contributed by atoms with E-state index < -0.39 is 6.10 Å². The van der Waals surface area contributed by atoms with Crippen molar-refractivity contribution in [2.45, 2.75) is 18.9 Å². The first-order valence-electron chi connectivity index (χ1n) is 5.31. The molecular weight excluding hydrogens is 367 g/mol. The van der Waals surface area contributed by atoms with Gasteiger partial charge in [-0.2, -0.15) is 11.3 Å². The molecule has 17 heavy (non-hydrogen) atoms. The molecule has 0 amide bonds. The van der Waals surface area contributed by atoms with Gasteiger partial charge in [-0.25, -0.2) is 0 Å². The first-order valence-corrected chi connectivity index (χ1v) is 7.71. The van der Waals surface area contributed by atoms with E-state index in [0.717, 1.165) is 22.0 Å². The summed E-state index contributed by atoms with van der Waals surface area (Å²) in [4.78, 5) is 0. The molecule has 0 fully saturated rings. The van der Waals surface area contributed by atoms with Crippen LogP contribution in [0.1, 0.15) is 23.7 Å². The van der Waals surface area contributed by atoms with Gasteiger partial charge in [0.15, 0.2) is 0 Å². The summed E-state index contributed by atoms with van der Waals surface area (Å²) in [5.74, 6) is 0. The molecule has 0 aliphatic carbocycles. The SMILES string of the molecule is OC(CCc1ccsc1)c1cc(Cl)ccc1I. The van der Waals surface area contributed by atoms with Gasteiger partial charge < -0.3 is 5.11 Å². The second-order valence-electron chi connectivity index (χ2n) is 3.85. The van der Waals surface area contributed by atoms with Crippen molar-refractivity contribution in [3.05, 3.63) is 54.7 Å². The molecule has 2 aromatic rings. The minimum Gasteiger partial charge on any atom is -0.388 e. The number of benzene rings is 1. The molecule has 0 aliphatic heterocycles. The smallest absolute Gasteiger partial charge is 0.0804 e. The van der Waals surface area contributed by atoms with E-state index in [4.69, 9.17) is 11.6 Å². The van der Waals surface area contributed by atoms with Crippen LogP contribution in [0.5, 0.6) is 0 Å². The Morgan fingerprint density at radius 2 is 2.18 bits per heavy atom. The van der Waals surface area contributed by atoms with E-state index >= 15 is 0 Å². The van der Waals surface area contributed by atoms with Crippen molar-refractivity contribution in [3.63, 3.8) is 0 Å². The van der Waals surface area contributed by atoms with Gasteiger partial charge in [-0.05, 0) is 81.6 Å². The topological polar surface area (TPSA) is 20.2 Å². The Bertz CT molecular complexity index is 484. The van der Waals surface area contributed by atoms with Gasteiger partial charge in [0, 0.05) is 8.59 Å². The maximum absolute atomic E-state index is 10.2. The number of aryl methyl sites for hydroxylation is 1. The Morgan fingerprint density at radius 1 is 1.35 bits per heavy atom. The largest absolute Gasteiger partial charge is 0.388 e. The normalized spacial score (nSPS) is 12.6. The second-order valence-corrected chi connectivity index (χ2v) is 6.23. The van der Waals surface area contributed by atoms with Crippen LogP contribution in [0.3, 0.4) is 0 Å². The number of rotatable bonds is 4. The van der Waals surface area contributed by atoms with Gasteiger partial charge in [0.1, 0.15) is 0 Å². The molecule has 0 spiro atoms. The highest BCUT2D eigenvalue weighted by molar-refractivity contribution is 14.1. The highest BCUT2D eigenvalue weighted by Crippen LogP contribution is 2.27. The highest BCUT2D eigenvalue weighted by atomic mass is 127. The Hall–Kier alpha value is -0.100. The average molecular weight is 379 g/mol. The molecule has 0 bridgehead atoms. The van der Waals surface area contributed by atoms with Gasteiger partial charge in [-0.1, -0.05) is 11.6 Å². The maximum atomic E-state index is 10.2. The molecule has 1 unspecified atom stereocenters. The number of hydrogen-bond donors (Lipinski definition) is 1. The Labute approximate surface area is 124 Å². The fourth-order valence-electron chi connectivity index (χ4n) is 1.66. The van der Waals surface area contributed by atoms with Crippen LogP contribution in [-0.2, 0) is 6.42 Å². The van der Waals surface area contributed by atoms with Crippen LogP contribution in [0.25, 0.3) is 0 Å². The van der Waals surface area contributed by atoms with E-state index in [-0.39, 0.29) is 0 Å². The molecule has 2 rings (SSSR count). The maximum Gasteiger partial charge on any atom is 0.0804 e. The molecule has 0 saturated heterocycles. The molecule has 1 atom stereocenters. The first kappa shape index (κ1) is 13.3. The summed E-state index contributed by atoms with van der Waals surface area (Å²) in [5, 5.41) is 15.0. The van der Waals surface area contributed by atoms with Gasteiger partial charge in [-0.15, -0.1) is 0 Å². The highest BCUT2D eigenvalue weighted by Gasteiger charge is 2.12. The zero-order valence-electron chi connectivity index (χ0n) is 9.07. The zero-order valence-corrected chi connectivity index (χ0v) is 12.8. The molecule has 0 saturated carbocycles. The zero-order chi connectivity index (χ0) is 12.3. The van der Waals surface area contributed by atoms with E-state index in [2.05, 4.69) is 39.4 Å². The molecule has 0 radical (unpaired) electrons. The van der Waals surface area contributed by atoms with E-state index in [9.17, 15) is 5.11 Å². The minimum atomic E-state index is -0.444. The van der Waals surface area contributed by atoms with Crippen molar-refractivity contribution in [1.29, 1.82) is 0 Å². The summed E-state index contributed by atoms with van der Waals surface area (Å²) in [6.45, 7) is 0. The summed E-state index contributed by atoms with van der Waals surface area (Å²) in [7, 11) is 0. The van der Waals surface area contributed by atoms with E-state index in [1.807, 2.05) is 18.2 Å². The van der Waals surface area contributed by atoms with E-state index in [0.29, 0.717) is 5.02 Å². The van der Waals surface area contributed by atoms with Crippen LogP contribution >= 0.6 is 45.5 Å². The van der Waals surface area contributed by atoms with Gasteiger partial charge in [0.2, 0.25) is 0 Å². The predicted octanol–water partition coefficient (Wildman–Crippen LogP) is 4.67. The Kier molecular flexibility index (Phi) is 4.85. The lowest BCUT2D eigenvalue weighted by Crippen LogP contribution is -2.01. The third kappa shape index (κ3) is 3.68. The summed E-state index contributed by atoms with van der Waals surface area (Å²) in [6, 6.07) is 7.73. The minimum absolute atomic E-state index is 0.444. The van der Waals surface area contributed by atoms with Crippen LogP contribution in [0.15, 0.2) is 35.0 Å².